The van der Waals surface area contributed by atoms with Crippen LogP contribution in [0.4, 0.5) is 0 Å². The molecule has 0 bridgehead atoms. The van der Waals surface area contributed by atoms with Crippen LogP contribution in [0.25, 0.3) is 0 Å². The Morgan fingerprint density at radius 2 is 1.34 bits per heavy atom. The smallest absolute Gasteiger partial charge is 0.0175 e. The quantitative estimate of drug-likeness (QED) is 0.381. The highest BCUT2D eigenvalue weighted by molar-refractivity contribution is 5.10. The van der Waals surface area contributed by atoms with Crippen LogP contribution in [0.2, 0.25) is 0 Å². The number of hydrogen-bond acceptors (Lipinski definition) is 0. The molecule has 0 spiro atoms. The fourth-order valence-corrected chi connectivity index (χ4v) is 10.4. The van der Waals surface area contributed by atoms with Gasteiger partial charge in [0.2, 0.25) is 0 Å². The SMILES string of the molecule is C=C(C)C1CCCCC1C(C)(C1CCC(C)C(C)C1C)C1CCC2CC(C)CCC2C1C. The predicted molar refractivity (Wildman–Crippen MR) is 140 cm³/mol. The molecule has 184 valence electrons. The van der Waals surface area contributed by atoms with Crippen LogP contribution in [-0.2, 0) is 0 Å². The lowest BCUT2D eigenvalue weighted by Crippen LogP contribution is -2.55. The minimum absolute atomic E-state index is 0.491. The molecular formula is C32H56. The van der Waals surface area contributed by atoms with Gasteiger partial charge in [0.05, 0.1) is 0 Å². The first-order valence-corrected chi connectivity index (χ1v) is 14.8. The lowest BCUT2D eigenvalue weighted by Gasteiger charge is -2.61. The van der Waals surface area contributed by atoms with Gasteiger partial charge in [-0.25, -0.2) is 0 Å². The van der Waals surface area contributed by atoms with Gasteiger partial charge in [-0.2, -0.15) is 0 Å². The second kappa shape index (κ2) is 9.77. The first kappa shape index (κ1) is 24.9. The first-order chi connectivity index (χ1) is 15.2. The summed E-state index contributed by atoms with van der Waals surface area (Å²) < 4.78 is 0. The highest BCUT2D eigenvalue weighted by Gasteiger charge is 2.56. The third-order valence-electron chi connectivity index (χ3n) is 12.6. The molecule has 0 heteroatoms. The predicted octanol–water partition coefficient (Wildman–Crippen LogP) is 9.79. The molecule has 0 heterocycles. The summed E-state index contributed by atoms with van der Waals surface area (Å²) >= 11 is 0. The molecule has 12 atom stereocenters. The van der Waals surface area contributed by atoms with Gasteiger partial charge < -0.3 is 0 Å². The van der Waals surface area contributed by atoms with Gasteiger partial charge in [0.25, 0.3) is 0 Å². The molecule has 12 unspecified atom stereocenters. The van der Waals surface area contributed by atoms with Crippen molar-refractivity contribution in [3.63, 3.8) is 0 Å². The maximum absolute atomic E-state index is 4.57. The molecule has 4 rings (SSSR count). The topological polar surface area (TPSA) is 0 Å². The maximum atomic E-state index is 4.57. The monoisotopic (exact) mass is 440 g/mol. The minimum atomic E-state index is 0.491. The van der Waals surface area contributed by atoms with E-state index < -0.39 is 0 Å². The summed E-state index contributed by atoms with van der Waals surface area (Å²) in [4.78, 5) is 0. The van der Waals surface area contributed by atoms with Gasteiger partial charge in [0.15, 0.2) is 0 Å². The van der Waals surface area contributed by atoms with Gasteiger partial charge in [-0.05, 0) is 122 Å². The zero-order valence-corrected chi connectivity index (χ0v) is 22.8. The van der Waals surface area contributed by atoms with Crippen LogP contribution in [-0.4, -0.2) is 0 Å². The molecule has 0 N–H and O–H groups in total. The van der Waals surface area contributed by atoms with Crippen molar-refractivity contribution >= 4 is 0 Å². The van der Waals surface area contributed by atoms with Gasteiger partial charge in [-0.15, -0.1) is 0 Å². The van der Waals surface area contributed by atoms with Gasteiger partial charge in [0.1, 0.15) is 0 Å². The Bertz CT molecular complexity index is 646. The maximum Gasteiger partial charge on any atom is -0.0175 e. The summed E-state index contributed by atoms with van der Waals surface area (Å²) in [7, 11) is 0. The average Bonchev–Trinajstić information content (AvgIpc) is 2.77. The van der Waals surface area contributed by atoms with Crippen LogP contribution >= 0.6 is 0 Å². The first-order valence-electron chi connectivity index (χ1n) is 14.8. The summed E-state index contributed by atoms with van der Waals surface area (Å²) in [6.07, 6.45) is 16.3. The molecule has 4 saturated carbocycles. The summed E-state index contributed by atoms with van der Waals surface area (Å²) in [5.41, 5.74) is 1.99. The number of hydrogen-bond donors (Lipinski definition) is 0. The van der Waals surface area contributed by atoms with Crippen molar-refractivity contribution in [1.29, 1.82) is 0 Å². The Morgan fingerprint density at radius 1 is 0.688 bits per heavy atom. The van der Waals surface area contributed by atoms with E-state index in [0.717, 1.165) is 65.1 Å². The second-order valence-corrected chi connectivity index (χ2v) is 14.0. The molecule has 0 aliphatic heterocycles. The van der Waals surface area contributed by atoms with Crippen molar-refractivity contribution in [3.05, 3.63) is 12.2 Å². The fraction of sp³-hybridized carbons (Fsp3) is 0.938. The van der Waals surface area contributed by atoms with E-state index in [1.807, 2.05) is 0 Å². The Kier molecular flexibility index (Phi) is 7.59. The van der Waals surface area contributed by atoms with E-state index in [4.69, 9.17) is 0 Å². The molecule has 0 radical (unpaired) electrons. The molecule has 4 fully saturated rings. The van der Waals surface area contributed by atoms with Crippen molar-refractivity contribution < 1.29 is 0 Å². The van der Waals surface area contributed by atoms with E-state index in [0.29, 0.717) is 5.41 Å². The lowest BCUT2D eigenvalue weighted by atomic mass is 9.43. The number of allylic oxidation sites excluding steroid dienone is 1. The third-order valence-corrected chi connectivity index (χ3v) is 12.6. The molecule has 0 aromatic heterocycles. The average molecular weight is 441 g/mol. The molecule has 4 aliphatic carbocycles. The van der Waals surface area contributed by atoms with Gasteiger partial charge in [-0.1, -0.05) is 79.4 Å². The highest BCUT2D eigenvalue weighted by atomic mass is 14.6. The van der Waals surface area contributed by atoms with Gasteiger partial charge >= 0.3 is 0 Å². The van der Waals surface area contributed by atoms with E-state index >= 15 is 0 Å². The Labute approximate surface area is 201 Å². The molecular weight excluding hydrogens is 384 g/mol. The van der Waals surface area contributed by atoms with E-state index in [9.17, 15) is 0 Å². The van der Waals surface area contributed by atoms with Gasteiger partial charge in [0, 0.05) is 0 Å². The summed E-state index contributed by atoms with van der Waals surface area (Å²) in [6.45, 7) is 22.8. The highest BCUT2D eigenvalue weighted by Crippen LogP contribution is 2.63. The molecule has 0 nitrogen and oxygen atoms in total. The molecule has 0 amide bonds. The van der Waals surface area contributed by atoms with Crippen LogP contribution in [0.1, 0.15) is 119 Å². The zero-order valence-electron chi connectivity index (χ0n) is 22.8. The van der Waals surface area contributed by atoms with Crippen molar-refractivity contribution in [2.75, 3.05) is 0 Å². The summed E-state index contributed by atoms with van der Waals surface area (Å²) in [6, 6.07) is 0. The van der Waals surface area contributed by atoms with Crippen molar-refractivity contribution in [2.45, 2.75) is 119 Å². The third kappa shape index (κ3) is 4.28. The standard InChI is InChI=1S/C32H56/c1-20(2)27-11-9-10-12-31(27)32(8,29-17-14-22(4)23(5)24(29)6)30-18-15-26-19-21(3)13-16-28(26)25(30)7/h21-31H,1,9-19H2,2-8H3. The zero-order chi connectivity index (χ0) is 23.2. The second-order valence-electron chi connectivity index (χ2n) is 14.0. The summed E-state index contributed by atoms with van der Waals surface area (Å²) in [5, 5.41) is 0. The lowest BCUT2D eigenvalue weighted by molar-refractivity contribution is -0.122. The van der Waals surface area contributed by atoms with E-state index in [1.54, 1.807) is 0 Å². The van der Waals surface area contributed by atoms with Crippen LogP contribution in [0, 0.1) is 70.5 Å². The largest absolute Gasteiger partial charge is 0.0999 e. The van der Waals surface area contributed by atoms with Crippen LogP contribution in [0.3, 0.4) is 0 Å². The van der Waals surface area contributed by atoms with Crippen molar-refractivity contribution in [1.82, 2.24) is 0 Å². The van der Waals surface area contributed by atoms with E-state index in [1.165, 1.54) is 76.2 Å². The molecule has 0 aromatic carbocycles. The fourth-order valence-electron chi connectivity index (χ4n) is 10.4. The summed E-state index contributed by atoms with van der Waals surface area (Å²) in [5.74, 6) is 10.0. The number of fused-ring (bicyclic) bond motifs is 1. The molecule has 0 saturated heterocycles. The minimum Gasteiger partial charge on any atom is -0.0999 e. The van der Waals surface area contributed by atoms with Crippen LogP contribution in [0.5, 0.6) is 0 Å². The van der Waals surface area contributed by atoms with Gasteiger partial charge in [-0.3, -0.25) is 0 Å². The van der Waals surface area contributed by atoms with Crippen LogP contribution < -0.4 is 0 Å². The molecule has 0 aromatic rings. The van der Waals surface area contributed by atoms with E-state index in [2.05, 4.69) is 55.0 Å². The van der Waals surface area contributed by atoms with Crippen molar-refractivity contribution in [3.8, 4) is 0 Å². The Hall–Kier alpha value is -0.260. The molecule has 4 aliphatic rings. The Balaban J connectivity index is 1.71. The van der Waals surface area contributed by atoms with Crippen LogP contribution in [0.15, 0.2) is 12.2 Å². The Morgan fingerprint density at radius 3 is 2.06 bits per heavy atom. The normalized spacial score (nSPS) is 49.7. The molecule has 32 heavy (non-hydrogen) atoms. The van der Waals surface area contributed by atoms with Crippen molar-refractivity contribution in [2.24, 2.45) is 70.5 Å². The van der Waals surface area contributed by atoms with E-state index in [-0.39, 0.29) is 0 Å². The number of rotatable bonds is 4.